The summed E-state index contributed by atoms with van der Waals surface area (Å²) in [7, 11) is 0. The number of furan rings is 1. The van der Waals surface area contributed by atoms with Crippen LogP contribution >= 0.6 is 0 Å². The molecule has 0 fully saturated rings. The van der Waals surface area contributed by atoms with Gasteiger partial charge in [0.05, 0.1) is 5.56 Å². The van der Waals surface area contributed by atoms with Gasteiger partial charge in [0.2, 0.25) is 0 Å². The van der Waals surface area contributed by atoms with E-state index in [4.69, 9.17) is 19.4 Å². The quantitative estimate of drug-likeness (QED) is 0.186. The smallest absolute Gasteiger partial charge is 0.167 e. The number of benzene rings is 8. The van der Waals surface area contributed by atoms with Crippen LogP contribution in [0.15, 0.2) is 180 Å². The SMILES string of the molecule is c1ccc(-c2ccc3ccccc3c2-c2nc(-c3ccc(-c4cccc5ccccc45)cc3)nc(-c3cccc4c3oc3ccccc34)n2)cc1. The second-order valence-corrected chi connectivity index (χ2v) is 12.8. The van der Waals surface area contributed by atoms with Gasteiger partial charge in [-0.1, -0.05) is 164 Å². The molecule has 0 unspecified atom stereocenters. The van der Waals surface area contributed by atoms with Crippen LogP contribution in [0.4, 0.5) is 0 Å². The molecule has 2 aromatic heterocycles. The fraction of sp³-hybridized carbons (Fsp3) is 0. The van der Waals surface area contributed by atoms with Crippen LogP contribution in [-0.4, -0.2) is 15.0 Å². The molecule has 0 bridgehead atoms. The second kappa shape index (κ2) is 11.9. The van der Waals surface area contributed by atoms with Crippen molar-refractivity contribution < 1.29 is 4.42 Å². The average molecular weight is 652 g/mol. The molecule has 0 aliphatic carbocycles. The summed E-state index contributed by atoms with van der Waals surface area (Å²) >= 11 is 0. The fourth-order valence-electron chi connectivity index (χ4n) is 7.31. The molecule has 238 valence electrons. The van der Waals surface area contributed by atoms with Gasteiger partial charge >= 0.3 is 0 Å². The fourth-order valence-corrected chi connectivity index (χ4v) is 7.31. The van der Waals surface area contributed by atoms with Gasteiger partial charge in [-0.25, -0.2) is 15.0 Å². The Bertz CT molecular complexity index is 2900. The summed E-state index contributed by atoms with van der Waals surface area (Å²) in [6.07, 6.45) is 0. The van der Waals surface area contributed by atoms with Crippen LogP contribution in [-0.2, 0) is 0 Å². The minimum absolute atomic E-state index is 0.560. The normalized spacial score (nSPS) is 11.5. The zero-order valence-electron chi connectivity index (χ0n) is 27.5. The van der Waals surface area contributed by atoms with Crippen molar-refractivity contribution in [3.63, 3.8) is 0 Å². The number of hydrogen-bond donors (Lipinski definition) is 0. The summed E-state index contributed by atoms with van der Waals surface area (Å²) in [6, 6.07) is 61.0. The van der Waals surface area contributed by atoms with Gasteiger partial charge in [-0.15, -0.1) is 0 Å². The highest BCUT2D eigenvalue weighted by atomic mass is 16.3. The third-order valence-electron chi connectivity index (χ3n) is 9.76. The number of fused-ring (bicyclic) bond motifs is 5. The Kier molecular flexibility index (Phi) is 6.78. The van der Waals surface area contributed by atoms with Gasteiger partial charge in [0, 0.05) is 21.9 Å². The maximum Gasteiger partial charge on any atom is 0.167 e. The van der Waals surface area contributed by atoms with Gasteiger partial charge in [0.1, 0.15) is 11.2 Å². The summed E-state index contributed by atoms with van der Waals surface area (Å²) in [5.74, 6) is 1.76. The lowest BCUT2D eigenvalue weighted by Gasteiger charge is -2.15. The van der Waals surface area contributed by atoms with Crippen LogP contribution in [0.3, 0.4) is 0 Å². The molecule has 0 aliphatic heterocycles. The Morgan fingerprint density at radius 3 is 1.73 bits per heavy atom. The van der Waals surface area contributed by atoms with E-state index in [2.05, 4.69) is 146 Å². The molecule has 4 nitrogen and oxygen atoms in total. The summed E-state index contributed by atoms with van der Waals surface area (Å²) in [5, 5.41) is 6.73. The van der Waals surface area contributed by atoms with Gasteiger partial charge in [-0.3, -0.25) is 0 Å². The van der Waals surface area contributed by atoms with Crippen LogP contribution < -0.4 is 0 Å². The molecule has 0 radical (unpaired) electrons. The van der Waals surface area contributed by atoms with E-state index in [9.17, 15) is 0 Å². The highest BCUT2D eigenvalue weighted by molar-refractivity contribution is 6.09. The van der Waals surface area contributed by atoms with Gasteiger partial charge in [0.15, 0.2) is 17.5 Å². The number of hydrogen-bond acceptors (Lipinski definition) is 4. The molecule has 0 spiro atoms. The molecule has 0 atom stereocenters. The van der Waals surface area contributed by atoms with E-state index in [1.54, 1.807) is 0 Å². The molecule has 10 aromatic rings. The van der Waals surface area contributed by atoms with E-state index >= 15 is 0 Å². The Morgan fingerprint density at radius 2 is 0.882 bits per heavy atom. The summed E-state index contributed by atoms with van der Waals surface area (Å²) in [5.41, 5.74) is 8.77. The highest BCUT2D eigenvalue weighted by Gasteiger charge is 2.21. The molecular formula is C47H29N3O. The van der Waals surface area contributed by atoms with Crippen molar-refractivity contribution in [2.45, 2.75) is 0 Å². The standard InChI is InChI=1S/C47H29N3O/c1-2-12-31(13-3-1)38-29-28-32-15-5-7-18-37(32)43(38)47-49-45(34-26-24-33(25-27-34)36-20-10-16-30-14-4-6-17-35(30)36)48-46(50-47)41-22-11-21-40-39-19-8-9-23-42(39)51-44(40)41/h1-29H. The molecule has 0 saturated heterocycles. The van der Waals surface area contributed by atoms with Crippen molar-refractivity contribution in [1.29, 1.82) is 0 Å². The van der Waals surface area contributed by atoms with Crippen molar-refractivity contribution >= 4 is 43.5 Å². The zero-order chi connectivity index (χ0) is 33.7. The summed E-state index contributed by atoms with van der Waals surface area (Å²) in [6.45, 7) is 0. The average Bonchev–Trinajstić information content (AvgIpc) is 3.59. The molecule has 0 saturated carbocycles. The minimum Gasteiger partial charge on any atom is -0.455 e. The minimum atomic E-state index is 0.560. The summed E-state index contributed by atoms with van der Waals surface area (Å²) in [4.78, 5) is 15.7. The predicted octanol–water partition coefficient (Wildman–Crippen LogP) is 12.4. The third-order valence-corrected chi connectivity index (χ3v) is 9.76. The lowest BCUT2D eigenvalue weighted by Crippen LogP contribution is -2.02. The maximum absolute atomic E-state index is 6.49. The maximum atomic E-state index is 6.49. The van der Waals surface area contributed by atoms with Crippen molar-refractivity contribution in [3.05, 3.63) is 176 Å². The van der Waals surface area contributed by atoms with E-state index in [1.807, 2.05) is 30.3 Å². The molecule has 4 heteroatoms. The molecule has 0 N–H and O–H groups in total. The Hall–Kier alpha value is -6.91. The molecule has 2 heterocycles. The van der Waals surface area contributed by atoms with E-state index in [0.717, 1.165) is 66.1 Å². The first-order valence-electron chi connectivity index (χ1n) is 17.1. The first kappa shape index (κ1) is 29.0. The van der Waals surface area contributed by atoms with Gasteiger partial charge < -0.3 is 4.42 Å². The van der Waals surface area contributed by atoms with Gasteiger partial charge in [0.25, 0.3) is 0 Å². The Balaban J connectivity index is 1.22. The topological polar surface area (TPSA) is 51.8 Å². The predicted molar refractivity (Wildman–Crippen MR) is 209 cm³/mol. The molecule has 0 amide bonds. The van der Waals surface area contributed by atoms with Crippen LogP contribution in [0.25, 0.3) is 99.9 Å². The number of aromatic nitrogens is 3. The Labute approximate surface area is 294 Å². The van der Waals surface area contributed by atoms with Crippen LogP contribution in [0, 0.1) is 0 Å². The number of para-hydroxylation sites is 2. The van der Waals surface area contributed by atoms with Gasteiger partial charge in [-0.05, 0) is 55.9 Å². The number of nitrogens with zero attached hydrogens (tertiary/aromatic N) is 3. The lowest BCUT2D eigenvalue weighted by molar-refractivity contribution is 0.669. The van der Waals surface area contributed by atoms with E-state index in [-0.39, 0.29) is 0 Å². The molecule has 10 rings (SSSR count). The lowest BCUT2D eigenvalue weighted by atomic mass is 9.93. The first-order valence-corrected chi connectivity index (χ1v) is 17.1. The molecular weight excluding hydrogens is 623 g/mol. The van der Waals surface area contributed by atoms with Crippen LogP contribution in [0.2, 0.25) is 0 Å². The van der Waals surface area contributed by atoms with E-state index in [1.165, 1.54) is 16.3 Å². The van der Waals surface area contributed by atoms with Gasteiger partial charge in [-0.2, -0.15) is 0 Å². The number of rotatable bonds is 5. The second-order valence-electron chi connectivity index (χ2n) is 12.8. The van der Waals surface area contributed by atoms with E-state index in [0.29, 0.717) is 17.5 Å². The third kappa shape index (κ3) is 4.96. The van der Waals surface area contributed by atoms with Crippen LogP contribution in [0.5, 0.6) is 0 Å². The van der Waals surface area contributed by atoms with Crippen LogP contribution in [0.1, 0.15) is 0 Å². The van der Waals surface area contributed by atoms with Crippen molar-refractivity contribution in [1.82, 2.24) is 15.0 Å². The largest absolute Gasteiger partial charge is 0.455 e. The highest BCUT2D eigenvalue weighted by Crippen LogP contribution is 2.40. The van der Waals surface area contributed by atoms with Crippen molar-refractivity contribution in [3.8, 4) is 56.4 Å². The molecule has 0 aliphatic rings. The first-order chi connectivity index (χ1) is 25.3. The van der Waals surface area contributed by atoms with Crippen molar-refractivity contribution in [2.75, 3.05) is 0 Å². The monoisotopic (exact) mass is 651 g/mol. The summed E-state index contributed by atoms with van der Waals surface area (Å²) < 4.78 is 6.49. The zero-order valence-corrected chi connectivity index (χ0v) is 27.5. The molecule has 8 aromatic carbocycles. The Morgan fingerprint density at radius 1 is 0.314 bits per heavy atom. The van der Waals surface area contributed by atoms with Crippen molar-refractivity contribution in [2.24, 2.45) is 0 Å². The van der Waals surface area contributed by atoms with E-state index < -0.39 is 0 Å². The molecule has 51 heavy (non-hydrogen) atoms.